The maximum atomic E-state index is 12.8. The van der Waals surface area contributed by atoms with Gasteiger partial charge in [0.25, 0.3) is 0 Å². The Balaban J connectivity index is 2.24. The zero-order valence-electron chi connectivity index (χ0n) is 14.2. The first-order valence-electron chi connectivity index (χ1n) is 8.10. The fourth-order valence-electron chi connectivity index (χ4n) is 3.22. The van der Waals surface area contributed by atoms with Crippen LogP contribution in [-0.4, -0.2) is 63.1 Å². The number of carboxylic acids is 1. The molecule has 2 aliphatic heterocycles. The fourth-order valence-corrected chi connectivity index (χ4v) is 3.22. The van der Waals surface area contributed by atoms with Crippen molar-refractivity contribution in [2.75, 3.05) is 6.54 Å². The highest BCUT2D eigenvalue weighted by Crippen LogP contribution is 2.30. The molecule has 2 aliphatic rings. The molecule has 0 aromatic carbocycles. The minimum Gasteiger partial charge on any atom is -0.480 e. The Morgan fingerprint density at radius 1 is 1.17 bits per heavy atom. The summed E-state index contributed by atoms with van der Waals surface area (Å²) in [5.74, 6) is -1.52. The molecule has 0 spiro atoms. The number of carboxylic acid groups (broad SMARTS) is 1. The third-order valence-corrected chi connectivity index (χ3v) is 4.24. The van der Waals surface area contributed by atoms with Crippen molar-refractivity contribution in [3.05, 3.63) is 0 Å². The summed E-state index contributed by atoms with van der Waals surface area (Å²) in [5, 5.41) is 18.5. The van der Waals surface area contributed by atoms with Crippen molar-refractivity contribution in [1.82, 2.24) is 9.80 Å². The van der Waals surface area contributed by atoms with E-state index in [2.05, 4.69) is 6.07 Å². The van der Waals surface area contributed by atoms with E-state index in [1.54, 1.807) is 20.8 Å². The maximum absolute atomic E-state index is 12.8. The Kier molecular flexibility index (Phi) is 5.02. The highest BCUT2D eigenvalue weighted by molar-refractivity contribution is 5.90. The number of aliphatic carboxylic acids is 1. The Morgan fingerprint density at radius 3 is 2.33 bits per heavy atom. The van der Waals surface area contributed by atoms with Crippen molar-refractivity contribution in [1.29, 1.82) is 5.26 Å². The van der Waals surface area contributed by atoms with E-state index in [0.29, 0.717) is 13.0 Å². The van der Waals surface area contributed by atoms with Gasteiger partial charge in [0.15, 0.2) is 0 Å². The van der Waals surface area contributed by atoms with E-state index < -0.39 is 35.8 Å². The molecule has 2 heterocycles. The molecule has 132 valence electrons. The Morgan fingerprint density at radius 2 is 1.79 bits per heavy atom. The van der Waals surface area contributed by atoms with Gasteiger partial charge in [-0.25, -0.2) is 9.59 Å². The third kappa shape index (κ3) is 3.61. The first-order valence-corrected chi connectivity index (χ1v) is 8.10. The van der Waals surface area contributed by atoms with Crippen LogP contribution in [0.2, 0.25) is 0 Å². The van der Waals surface area contributed by atoms with Gasteiger partial charge < -0.3 is 14.7 Å². The summed E-state index contributed by atoms with van der Waals surface area (Å²) in [6, 6.07) is -0.403. The summed E-state index contributed by atoms with van der Waals surface area (Å²) < 4.78 is 5.29. The molecule has 0 saturated carbocycles. The predicted molar refractivity (Wildman–Crippen MR) is 82.9 cm³/mol. The molecule has 2 fully saturated rings. The minimum absolute atomic E-state index is 0.191. The Labute approximate surface area is 141 Å². The Bertz CT molecular complexity index is 577. The first-order chi connectivity index (χ1) is 11.2. The van der Waals surface area contributed by atoms with Crippen LogP contribution >= 0.6 is 0 Å². The van der Waals surface area contributed by atoms with Crippen molar-refractivity contribution in [2.45, 2.75) is 70.2 Å². The van der Waals surface area contributed by atoms with Crippen LogP contribution in [0.1, 0.15) is 46.5 Å². The molecule has 24 heavy (non-hydrogen) atoms. The zero-order chi connectivity index (χ0) is 18.1. The highest BCUT2D eigenvalue weighted by Gasteiger charge is 2.48. The molecule has 0 aromatic rings. The number of hydrogen-bond donors (Lipinski definition) is 1. The van der Waals surface area contributed by atoms with Crippen LogP contribution in [0.4, 0.5) is 4.79 Å². The molecule has 0 unspecified atom stereocenters. The molecule has 8 nitrogen and oxygen atoms in total. The number of nitrogens with zero attached hydrogens (tertiary/aromatic N) is 3. The molecule has 0 aromatic heterocycles. The van der Waals surface area contributed by atoms with Crippen LogP contribution in [0.25, 0.3) is 0 Å². The van der Waals surface area contributed by atoms with Crippen molar-refractivity contribution >= 4 is 18.0 Å². The lowest BCUT2D eigenvalue weighted by atomic mass is 10.1. The van der Waals surface area contributed by atoms with Gasteiger partial charge in [0.1, 0.15) is 23.7 Å². The second kappa shape index (κ2) is 6.67. The van der Waals surface area contributed by atoms with Gasteiger partial charge in [-0.3, -0.25) is 9.69 Å². The lowest BCUT2D eigenvalue weighted by Gasteiger charge is -2.32. The molecule has 0 bridgehead atoms. The van der Waals surface area contributed by atoms with Gasteiger partial charge >= 0.3 is 12.1 Å². The summed E-state index contributed by atoms with van der Waals surface area (Å²) in [7, 11) is 0. The van der Waals surface area contributed by atoms with Crippen LogP contribution in [0.5, 0.6) is 0 Å². The van der Waals surface area contributed by atoms with Gasteiger partial charge in [-0.05, 0) is 46.5 Å². The SMILES string of the molecule is CC(C)(C)OC(=O)N1[C@@H](C(=O)O)CC[C@H]1C(=O)N1CCC[C@H]1C#N. The average Bonchev–Trinajstić information content (AvgIpc) is 3.11. The van der Waals surface area contributed by atoms with E-state index in [-0.39, 0.29) is 18.7 Å². The lowest BCUT2D eigenvalue weighted by Crippen LogP contribution is -2.53. The second-order valence-corrected chi connectivity index (χ2v) is 7.15. The number of carbonyl (C=O) groups excluding carboxylic acids is 2. The van der Waals surface area contributed by atoms with Crippen molar-refractivity contribution in [3.8, 4) is 6.07 Å². The third-order valence-electron chi connectivity index (χ3n) is 4.24. The summed E-state index contributed by atoms with van der Waals surface area (Å²) in [6.07, 6.45) is 0.966. The molecule has 1 N–H and O–H groups in total. The molecule has 3 atom stereocenters. The van der Waals surface area contributed by atoms with Crippen molar-refractivity contribution in [2.24, 2.45) is 0 Å². The fraction of sp³-hybridized carbons (Fsp3) is 0.750. The van der Waals surface area contributed by atoms with Crippen molar-refractivity contribution < 1.29 is 24.2 Å². The summed E-state index contributed by atoms with van der Waals surface area (Å²) >= 11 is 0. The minimum atomic E-state index is -1.16. The van der Waals surface area contributed by atoms with Gasteiger partial charge in [0.05, 0.1) is 6.07 Å². The Hall–Kier alpha value is -2.30. The van der Waals surface area contributed by atoms with E-state index in [1.807, 2.05) is 0 Å². The number of amides is 2. The van der Waals surface area contributed by atoms with Gasteiger partial charge in [-0.2, -0.15) is 5.26 Å². The topological polar surface area (TPSA) is 111 Å². The highest BCUT2D eigenvalue weighted by atomic mass is 16.6. The first kappa shape index (κ1) is 18.0. The smallest absolute Gasteiger partial charge is 0.411 e. The number of carbonyl (C=O) groups is 3. The van der Waals surface area contributed by atoms with E-state index >= 15 is 0 Å². The van der Waals surface area contributed by atoms with Crippen LogP contribution in [-0.2, 0) is 14.3 Å². The number of likely N-dealkylation sites (tertiary alicyclic amines) is 2. The van der Waals surface area contributed by atoms with Crippen molar-refractivity contribution in [3.63, 3.8) is 0 Å². The molecule has 2 rings (SSSR count). The van der Waals surface area contributed by atoms with Crippen LogP contribution in [0.3, 0.4) is 0 Å². The number of nitriles is 1. The zero-order valence-corrected chi connectivity index (χ0v) is 14.2. The molecule has 8 heteroatoms. The van der Waals surface area contributed by atoms with Gasteiger partial charge in [0.2, 0.25) is 5.91 Å². The number of hydrogen-bond acceptors (Lipinski definition) is 5. The molecular weight excluding hydrogens is 314 g/mol. The summed E-state index contributed by atoms with van der Waals surface area (Å²) in [6.45, 7) is 5.49. The molecule has 0 radical (unpaired) electrons. The normalized spacial score (nSPS) is 27.0. The molecule has 2 amide bonds. The van der Waals surface area contributed by atoms with Gasteiger partial charge in [0, 0.05) is 6.54 Å². The van der Waals surface area contributed by atoms with Crippen LogP contribution in [0.15, 0.2) is 0 Å². The second-order valence-electron chi connectivity index (χ2n) is 7.15. The van der Waals surface area contributed by atoms with E-state index in [1.165, 1.54) is 4.90 Å². The van der Waals surface area contributed by atoms with Crippen LogP contribution < -0.4 is 0 Å². The quantitative estimate of drug-likeness (QED) is 0.814. The maximum Gasteiger partial charge on any atom is 0.411 e. The largest absolute Gasteiger partial charge is 0.480 e. The summed E-state index contributed by atoms with van der Waals surface area (Å²) in [5.41, 5.74) is -0.793. The molecular formula is C16H23N3O5. The van der Waals surface area contributed by atoms with E-state index in [0.717, 1.165) is 11.3 Å². The molecule has 0 aliphatic carbocycles. The average molecular weight is 337 g/mol. The lowest BCUT2D eigenvalue weighted by molar-refractivity contribution is -0.144. The van der Waals surface area contributed by atoms with Gasteiger partial charge in [-0.1, -0.05) is 0 Å². The monoisotopic (exact) mass is 337 g/mol. The number of rotatable bonds is 2. The number of ether oxygens (including phenoxy) is 1. The van der Waals surface area contributed by atoms with Crippen LogP contribution in [0, 0.1) is 11.3 Å². The van der Waals surface area contributed by atoms with E-state index in [4.69, 9.17) is 10.00 Å². The summed E-state index contributed by atoms with van der Waals surface area (Å²) in [4.78, 5) is 39.2. The predicted octanol–water partition coefficient (Wildman–Crippen LogP) is 1.35. The standard InChI is InChI=1S/C16H23N3O5/c1-16(2,3)24-15(23)19-11(6-7-12(19)14(21)22)13(20)18-8-4-5-10(18)9-17/h10-12H,4-8H2,1-3H3,(H,21,22)/t10-,11-,12+/m0/s1. The molecule has 2 saturated heterocycles. The van der Waals surface area contributed by atoms with Gasteiger partial charge in [-0.15, -0.1) is 0 Å². The van der Waals surface area contributed by atoms with E-state index in [9.17, 15) is 19.5 Å².